The predicted octanol–water partition coefficient (Wildman–Crippen LogP) is -0.726. The van der Waals surface area contributed by atoms with Crippen molar-refractivity contribution in [1.29, 1.82) is 0 Å². The van der Waals surface area contributed by atoms with Gasteiger partial charge in [0.1, 0.15) is 5.69 Å². The van der Waals surface area contributed by atoms with E-state index in [9.17, 15) is 9.59 Å². The van der Waals surface area contributed by atoms with Crippen molar-refractivity contribution in [1.82, 2.24) is 14.9 Å². The van der Waals surface area contributed by atoms with Crippen LogP contribution in [-0.4, -0.2) is 20.1 Å². The number of nitrogens with one attached hydrogen (secondary N) is 1. The third-order valence-electron chi connectivity index (χ3n) is 1.60. The lowest BCUT2D eigenvalue weighted by Gasteiger charge is -2.05. The average Bonchev–Trinajstić information content (AvgIpc) is 2.06. The normalized spacial score (nSPS) is 10.5. The minimum Gasteiger partial charge on any atom is -0.413 e. The molecule has 0 radical (unpaired) electrons. The second kappa shape index (κ2) is 2.44. The summed E-state index contributed by atoms with van der Waals surface area (Å²) in [6.07, 6.45) is 0. The van der Waals surface area contributed by atoms with Gasteiger partial charge in [-0.25, -0.2) is 9.89 Å². The van der Waals surface area contributed by atoms with Crippen molar-refractivity contribution < 1.29 is 5.21 Å². The fourth-order valence-electron chi connectivity index (χ4n) is 1.05. The molecule has 0 fully saturated rings. The van der Waals surface area contributed by atoms with Crippen molar-refractivity contribution in [3.05, 3.63) is 38.9 Å². The summed E-state index contributed by atoms with van der Waals surface area (Å²) in [5.41, 5.74) is -0.490. The fraction of sp³-hybridized carbons (Fsp3) is 0. The number of fused-ring (bicyclic) bond motifs is 1. The molecule has 2 aliphatic rings. The maximum Gasteiger partial charge on any atom is 0.362 e. The van der Waals surface area contributed by atoms with Gasteiger partial charge in [-0.1, -0.05) is 0 Å². The molecule has 1 heterocycles. The molecule has 0 saturated carbocycles. The number of aromatic nitrogens is 3. The Morgan fingerprint density at radius 3 is 2.92 bits per heavy atom. The molecule has 6 heteroatoms. The molecular formula is C7H5N3O3. The number of H-pyrrole nitrogens is 1. The van der Waals surface area contributed by atoms with Crippen molar-refractivity contribution in [3.8, 4) is 11.4 Å². The van der Waals surface area contributed by atoms with Crippen LogP contribution in [0.5, 0.6) is 0 Å². The van der Waals surface area contributed by atoms with E-state index in [0.29, 0.717) is 4.85 Å². The number of benzene rings is 1. The summed E-state index contributed by atoms with van der Waals surface area (Å²) in [7, 11) is 0. The Balaban J connectivity index is 2.95. The van der Waals surface area contributed by atoms with Crippen LogP contribution >= 0.6 is 0 Å². The number of nitrogens with zero attached hydrogens (tertiary/aromatic N) is 2. The smallest absolute Gasteiger partial charge is 0.362 e. The van der Waals surface area contributed by atoms with Gasteiger partial charge in [-0.2, -0.15) is 4.98 Å². The monoisotopic (exact) mass is 179 g/mol. The molecule has 2 rings (SSSR count). The Bertz CT molecular complexity index is 527. The van der Waals surface area contributed by atoms with Gasteiger partial charge >= 0.3 is 5.69 Å². The maximum atomic E-state index is 10.9. The lowest BCUT2D eigenvalue weighted by Crippen LogP contribution is -2.22. The highest BCUT2D eigenvalue weighted by molar-refractivity contribution is 5.53. The summed E-state index contributed by atoms with van der Waals surface area (Å²) < 4.78 is 0. The summed E-state index contributed by atoms with van der Waals surface area (Å²) >= 11 is 0. The molecule has 0 atom stereocenters. The third kappa shape index (κ3) is 1.18. The molecule has 2 N–H and O–H groups in total. The quantitative estimate of drug-likeness (QED) is 0.522. The minimum absolute atomic E-state index is 0.173. The van der Waals surface area contributed by atoms with Gasteiger partial charge in [0.2, 0.25) is 0 Å². The standard InChI is InChI=1S/C7H5N3O3/c11-4-1-2-5-6(3-4)10(13)9-7(12)8-5/h1-3,13H,(H,9,12). The molecule has 13 heavy (non-hydrogen) atoms. The molecule has 0 saturated heterocycles. The highest BCUT2D eigenvalue weighted by Crippen LogP contribution is 2.10. The molecule has 1 aliphatic carbocycles. The van der Waals surface area contributed by atoms with Gasteiger partial charge < -0.3 is 5.21 Å². The first kappa shape index (κ1) is 7.53. The van der Waals surface area contributed by atoms with Gasteiger partial charge in [0.15, 0.2) is 5.43 Å². The van der Waals surface area contributed by atoms with E-state index in [0.717, 1.165) is 0 Å². The fourth-order valence-corrected chi connectivity index (χ4v) is 1.05. The van der Waals surface area contributed by atoms with Crippen molar-refractivity contribution in [2.45, 2.75) is 0 Å². The van der Waals surface area contributed by atoms with Gasteiger partial charge in [-0.3, -0.25) is 4.79 Å². The third-order valence-corrected chi connectivity index (χ3v) is 1.60. The molecule has 1 aliphatic heterocycles. The van der Waals surface area contributed by atoms with Crippen molar-refractivity contribution in [2.75, 3.05) is 0 Å². The van der Waals surface area contributed by atoms with Crippen LogP contribution in [0.2, 0.25) is 0 Å². The van der Waals surface area contributed by atoms with Crippen molar-refractivity contribution in [3.63, 3.8) is 0 Å². The van der Waals surface area contributed by atoms with E-state index >= 15 is 0 Å². The Labute approximate surface area is 71.4 Å². The van der Waals surface area contributed by atoms with Crippen LogP contribution in [0.1, 0.15) is 0 Å². The topological polar surface area (TPSA) is 88.0 Å². The Morgan fingerprint density at radius 1 is 1.38 bits per heavy atom. The molecule has 6 nitrogen and oxygen atoms in total. The molecule has 66 valence electrons. The molecular weight excluding hydrogens is 174 g/mol. The van der Waals surface area contributed by atoms with E-state index in [1.165, 1.54) is 18.2 Å². The van der Waals surface area contributed by atoms with Crippen molar-refractivity contribution in [2.24, 2.45) is 0 Å². The number of rotatable bonds is 0. The number of hydrogen-bond acceptors (Lipinski definition) is 4. The second-order valence-corrected chi connectivity index (χ2v) is 2.49. The van der Waals surface area contributed by atoms with Gasteiger partial charge in [-0.15, -0.1) is 4.85 Å². The van der Waals surface area contributed by atoms with Crippen molar-refractivity contribution >= 4 is 0 Å². The lowest BCUT2D eigenvalue weighted by molar-refractivity contribution is 0.144. The van der Waals surface area contributed by atoms with Crippen LogP contribution in [0.4, 0.5) is 0 Å². The lowest BCUT2D eigenvalue weighted by atomic mass is 10.2. The second-order valence-electron chi connectivity index (χ2n) is 2.49. The maximum absolute atomic E-state index is 10.9. The Kier molecular flexibility index (Phi) is 1.42. The zero-order valence-corrected chi connectivity index (χ0v) is 6.39. The van der Waals surface area contributed by atoms with Crippen LogP contribution in [0.25, 0.3) is 11.4 Å². The summed E-state index contributed by atoms with van der Waals surface area (Å²) in [5, 5.41) is 11.2. The largest absolute Gasteiger partial charge is 0.413 e. The molecule has 0 amide bonds. The summed E-state index contributed by atoms with van der Waals surface area (Å²) in [5.74, 6) is 0. The minimum atomic E-state index is -0.673. The molecule has 0 aromatic heterocycles. The summed E-state index contributed by atoms with van der Waals surface area (Å²) in [6.45, 7) is 0. The Morgan fingerprint density at radius 2 is 2.15 bits per heavy atom. The highest BCUT2D eigenvalue weighted by atomic mass is 16.5. The van der Waals surface area contributed by atoms with Gasteiger partial charge in [-0.05, 0) is 12.1 Å². The van der Waals surface area contributed by atoms with Crippen LogP contribution in [-0.2, 0) is 0 Å². The molecule has 0 aromatic carbocycles. The van der Waals surface area contributed by atoms with Crippen LogP contribution in [0.15, 0.2) is 27.8 Å². The van der Waals surface area contributed by atoms with E-state index in [-0.39, 0.29) is 16.8 Å². The molecule has 0 aromatic rings. The number of aromatic amines is 1. The van der Waals surface area contributed by atoms with E-state index in [4.69, 9.17) is 5.21 Å². The first-order chi connectivity index (χ1) is 6.16. The Hall–Kier alpha value is -2.11. The SMILES string of the molecule is O=c1ccc2nc(=O)[nH]n(O)c-2c1. The van der Waals surface area contributed by atoms with E-state index < -0.39 is 5.69 Å². The predicted molar refractivity (Wildman–Crippen MR) is 42.9 cm³/mol. The van der Waals surface area contributed by atoms with Gasteiger partial charge in [0.25, 0.3) is 0 Å². The van der Waals surface area contributed by atoms with E-state index in [1.807, 2.05) is 5.10 Å². The van der Waals surface area contributed by atoms with E-state index in [2.05, 4.69) is 4.98 Å². The van der Waals surface area contributed by atoms with Crippen LogP contribution < -0.4 is 11.1 Å². The zero-order valence-electron chi connectivity index (χ0n) is 6.39. The van der Waals surface area contributed by atoms with Crippen LogP contribution in [0.3, 0.4) is 0 Å². The average molecular weight is 179 g/mol. The van der Waals surface area contributed by atoms with E-state index in [1.54, 1.807) is 0 Å². The van der Waals surface area contributed by atoms with Gasteiger partial charge in [0, 0.05) is 6.07 Å². The van der Waals surface area contributed by atoms with Crippen LogP contribution in [0, 0.1) is 0 Å². The first-order valence-corrected chi connectivity index (χ1v) is 3.49. The molecule has 0 bridgehead atoms. The van der Waals surface area contributed by atoms with Gasteiger partial charge in [0.05, 0.1) is 5.69 Å². The molecule has 0 spiro atoms. The first-order valence-electron chi connectivity index (χ1n) is 3.49. The number of hydrogen-bond donors (Lipinski definition) is 2. The molecule has 0 unspecified atom stereocenters. The summed E-state index contributed by atoms with van der Waals surface area (Å²) in [6, 6.07) is 3.83. The zero-order chi connectivity index (χ0) is 9.42. The highest BCUT2D eigenvalue weighted by Gasteiger charge is 2.08. The summed E-state index contributed by atoms with van der Waals surface area (Å²) in [4.78, 5) is 25.7.